The molecule has 222 valence electrons. The van der Waals surface area contributed by atoms with Crippen LogP contribution < -0.4 is 32.6 Å². The Bertz CT molecular complexity index is 1200. The van der Waals surface area contributed by atoms with E-state index in [2.05, 4.69) is 15.6 Å². The molecule has 1 fully saturated rings. The number of nitrogens with two attached hydrogens (primary N) is 3. The van der Waals surface area contributed by atoms with Crippen LogP contribution in [0.4, 0.5) is 5.69 Å². The summed E-state index contributed by atoms with van der Waals surface area (Å²) in [4.78, 5) is 44.4. The van der Waals surface area contributed by atoms with Crippen LogP contribution >= 0.6 is 0 Å². The van der Waals surface area contributed by atoms with E-state index in [1.54, 1.807) is 37.2 Å². The van der Waals surface area contributed by atoms with Gasteiger partial charge in [0.05, 0.1) is 11.7 Å². The van der Waals surface area contributed by atoms with Gasteiger partial charge in [0.25, 0.3) is 0 Å². The quantitative estimate of drug-likeness (QED) is 0.141. The number of amides is 3. The average Bonchev–Trinajstić information content (AvgIpc) is 2.96. The number of para-hydroxylation sites is 1. The number of ether oxygens (including phenoxy) is 1. The first kappa shape index (κ1) is 31.4. The standard InChI is InChI=1S/C30H43N7O4/c1-37(2)30(33)34-17-9-14-23(31)28(39)36-25(18-20-10-5-3-6-11-20)29(40)35-24-16-15-21(27(32)38)19-26(24)41-22-12-7-4-8-13-22/h4,7-8,12-13,15-16,19-20,23,25H,3,5-6,9-11,14,17-18,31H2,1-2H3,(H2,32,38)(H2,33,34)(H,35,40)(H,36,39)/t23-,25-/m0/s1. The van der Waals surface area contributed by atoms with Crippen LogP contribution in [0.15, 0.2) is 53.5 Å². The van der Waals surface area contributed by atoms with Gasteiger partial charge in [0.15, 0.2) is 11.7 Å². The summed E-state index contributed by atoms with van der Waals surface area (Å²) >= 11 is 0. The van der Waals surface area contributed by atoms with Crippen LogP contribution in [-0.2, 0) is 9.59 Å². The van der Waals surface area contributed by atoms with Gasteiger partial charge < -0.3 is 37.5 Å². The number of carbonyl (C=O) groups is 3. The van der Waals surface area contributed by atoms with E-state index >= 15 is 0 Å². The predicted octanol–water partition coefficient (Wildman–Crippen LogP) is 2.96. The first-order valence-electron chi connectivity index (χ1n) is 14.1. The van der Waals surface area contributed by atoms with Gasteiger partial charge in [0.2, 0.25) is 17.7 Å². The Morgan fingerprint density at radius 3 is 2.39 bits per heavy atom. The molecule has 0 saturated heterocycles. The van der Waals surface area contributed by atoms with Gasteiger partial charge in [0.1, 0.15) is 11.8 Å². The summed E-state index contributed by atoms with van der Waals surface area (Å²) in [6.45, 7) is 0.447. The molecule has 0 spiro atoms. The van der Waals surface area contributed by atoms with E-state index in [0.29, 0.717) is 49.1 Å². The van der Waals surface area contributed by atoms with E-state index < -0.39 is 23.9 Å². The molecule has 0 heterocycles. The molecule has 0 radical (unpaired) electrons. The molecule has 1 saturated carbocycles. The third-order valence-corrected chi connectivity index (χ3v) is 7.16. The van der Waals surface area contributed by atoms with Gasteiger partial charge in [-0.25, -0.2) is 0 Å². The second-order valence-corrected chi connectivity index (χ2v) is 10.7. The van der Waals surface area contributed by atoms with Gasteiger partial charge in [-0.05, 0) is 55.5 Å². The minimum atomic E-state index is -0.792. The minimum absolute atomic E-state index is 0.239. The number of anilines is 1. The third-order valence-electron chi connectivity index (χ3n) is 7.16. The summed E-state index contributed by atoms with van der Waals surface area (Å²) in [5.74, 6) is 0.118. The monoisotopic (exact) mass is 565 g/mol. The topological polar surface area (TPSA) is 178 Å². The highest BCUT2D eigenvalue weighted by atomic mass is 16.5. The van der Waals surface area contributed by atoms with E-state index in [9.17, 15) is 14.4 Å². The zero-order chi connectivity index (χ0) is 29.8. The summed E-state index contributed by atoms with van der Waals surface area (Å²) in [6, 6.07) is 12.0. The summed E-state index contributed by atoms with van der Waals surface area (Å²) in [6.07, 6.45) is 6.88. The molecule has 8 N–H and O–H groups in total. The number of aliphatic imine (C=N–C) groups is 1. The molecule has 41 heavy (non-hydrogen) atoms. The van der Waals surface area contributed by atoms with Gasteiger partial charge in [-0.3, -0.25) is 19.4 Å². The first-order valence-corrected chi connectivity index (χ1v) is 14.1. The van der Waals surface area contributed by atoms with Crippen molar-refractivity contribution in [1.29, 1.82) is 0 Å². The predicted molar refractivity (Wildman–Crippen MR) is 161 cm³/mol. The van der Waals surface area contributed by atoms with Crippen molar-refractivity contribution in [2.24, 2.45) is 28.1 Å². The van der Waals surface area contributed by atoms with Crippen molar-refractivity contribution in [2.75, 3.05) is 26.0 Å². The zero-order valence-corrected chi connectivity index (χ0v) is 24.0. The molecule has 11 heteroatoms. The smallest absolute Gasteiger partial charge is 0.248 e. The van der Waals surface area contributed by atoms with Crippen LogP contribution in [0.1, 0.15) is 61.7 Å². The molecule has 1 aliphatic rings. The Morgan fingerprint density at radius 2 is 1.73 bits per heavy atom. The largest absolute Gasteiger partial charge is 0.455 e. The maximum atomic E-state index is 13.6. The van der Waals surface area contributed by atoms with Gasteiger partial charge in [-0.1, -0.05) is 50.3 Å². The lowest BCUT2D eigenvalue weighted by molar-refractivity contribution is -0.127. The molecule has 3 rings (SSSR count). The maximum absolute atomic E-state index is 13.6. The van der Waals surface area contributed by atoms with Gasteiger partial charge >= 0.3 is 0 Å². The number of primary amides is 1. The van der Waals surface area contributed by atoms with Crippen molar-refractivity contribution in [3.63, 3.8) is 0 Å². The van der Waals surface area contributed by atoms with Crippen LogP contribution in [-0.4, -0.2) is 61.3 Å². The minimum Gasteiger partial charge on any atom is -0.455 e. The SMILES string of the molecule is CN(C)C(N)=NCCC[C@H](N)C(=O)N[C@@H](CC1CCCCC1)C(=O)Nc1ccc(C(N)=O)cc1Oc1ccccc1. The molecule has 2 aromatic carbocycles. The summed E-state index contributed by atoms with van der Waals surface area (Å²) < 4.78 is 5.98. The fourth-order valence-corrected chi connectivity index (χ4v) is 4.74. The van der Waals surface area contributed by atoms with Crippen LogP contribution in [0, 0.1) is 5.92 Å². The Morgan fingerprint density at radius 1 is 1.02 bits per heavy atom. The zero-order valence-electron chi connectivity index (χ0n) is 24.0. The molecule has 11 nitrogen and oxygen atoms in total. The van der Waals surface area contributed by atoms with Crippen molar-refractivity contribution >= 4 is 29.4 Å². The van der Waals surface area contributed by atoms with Gasteiger partial charge in [-0.2, -0.15) is 0 Å². The third kappa shape index (κ3) is 10.1. The fraction of sp³-hybridized carbons (Fsp3) is 0.467. The van der Waals surface area contributed by atoms with Crippen molar-refractivity contribution in [1.82, 2.24) is 10.2 Å². The summed E-state index contributed by atoms with van der Waals surface area (Å²) in [5.41, 5.74) is 18.1. The Balaban J connectivity index is 1.73. The molecule has 0 bridgehead atoms. The number of guanidine groups is 1. The normalized spacial score (nSPS) is 15.4. The van der Waals surface area contributed by atoms with E-state index in [0.717, 1.165) is 25.7 Å². The molecule has 1 aliphatic carbocycles. The summed E-state index contributed by atoms with van der Waals surface area (Å²) in [5, 5.41) is 5.79. The fourth-order valence-electron chi connectivity index (χ4n) is 4.74. The lowest BCUT2D eigenvalue weighted by Gasteiger charge is -2.27. The number of rotatable bonds is 13. The lowest BCUT2D eigenvalue weighted by atomic mass is 9.84. The Labute approximate surface area is 241 Å². The van der Waals surface area contributed by atoms with Crippen LogP contribution in [0.2, 0.25) is 0 Å². The summed E-state index contributed by atoms with van der Waals surface area (Å²) in [7, 11) is 3.61. The van der Waals surface area contributed by atoms with Crippen molar-refractivity contribution < 1.29 is 19.1 Å². The number of hydrogen-bond acceptors (Lipinski definition) is 6. The number of carbonyl (C=O) groups excluding carboxylic acids is 3. The lowest BCUT2D eigenvalue weighted by Crippen LogP contribution is -2.50. The molecule has 0 aromatic heterocycles. The molecule has 0 unspecified atom stereocenters. The first-order chi connectivity index (χ1) is 19.6. The van der Waals surface area contributed by atoms with E-state index in [1.165, 1.54) is 18.6 Å². The number of hydrogen-bond donors (Lipinski definition) is 5. The number of benzene rings is 2. The van der Waals surface area contributed by atoms with Crippen molar-refractivity contribution in [2.45, 2.75) is 63.5 Å². The van der Waals surface area contributed by atoms with Crippen LogP contribution in [0.3, 0.4) is 0 Å². The molecule has 2 atom stereocenters. The van der Waals surface area contributed by atoms with E-state index in [1.807, 2.05) is 18.2 Å². The maximum Gasteiger partial charge on any atom is 0.248 e. The van der Waals surface area contributed by atoms with Crippen LogP contribution in [0.25, 0.3) is 0 Å². The van der Waals surface area contributed by atoms with Crippen molar-refractivity contribution in [3.05, 3.63) is 54.1 Å². The highest BCUT2D eigenvalue weighted by molar-refractivity contribution is 6.00. The van der Waals surface area contributed by atoms with Gasteiger partial charge in [-0.15, -0.1) is 0 Å². The number of nitrogens with zero attached hydrogens (tertiary/aromatic N) is 2. The van der Waals surface area contributed by atoms with E-state index in [-0.39, 0.29) is 17.2 Å². The number of nitrogens with one attached hydrogen (secondary N) is 2. The Kier molecular flexibility index (Phi) is 12.0. The highest BCUT2D eigenvalue weighted by Gasteiger charge is 2.28. The van der Waals surface area contributed by atoms with E-state index in [4.69, 9.17) is 21.9 Å². The molecule has 3 amide bonds. The molecular weight excluding hydrogens is 522 g/mol. The molecule has 2 aromatic rings. The second kappa shape index (κ2) is 15.6. The molecule has 0 aliphatic heterocycles. The van der Waals surface area contributed by atoms with Gasteiger partial charge in [0, 0.05) is 26.2 Å². The highest BCUT2D eigenvalue weighted by Crippen LogP contribution is 2.32. The molecular formula is C30H43N7O4. The van der Waals surface area contributed by atoms with Crippen molar-refractivity contribution in [3.8, 4) is 11.5 Å². The van der Waals surface area contributed by atoms with Crippen LogP contribution in [0.5, 0.6) is 11.5 Å². The Hall–Kier alpha value is -4.12. The average molecular weight is 566 g/mol. The second-order valence-electron chi connectivity index (χ2n) is 10.7.